The van der Waals surface area contributed by atoms with Gasteiger partial charge in [0.05, 0.1) is 5.41 Å². The summed E-state index contributed by atoms with van der Waals surface area (Å²) < 4.78 is 18.5. The van der Waals surface area contributed by atoms with Gasteiger partial charge in [-0.15, -0.1) is 0 Å². The van der Waals surface area contributed by atoms with Gasteiger partial charge in [0.25, 0.3) is 0 Å². The minimum Gasteiger partial charge on any atom is -0.339 e. The first-order chi connectivity index (χ1) is 10.1. The van der Waals surface area contributed by atoms with Crippen LogP contribution in [0.15, 0.2) is 22.7 Å². The maximum Gasteiger partial charge on any atom is 0.234 e. The highest BCUT2D eigenvalue weighted by Crippen LogP contribution is 2.33. The van der Waals surface area contributed by atoms with Gasteiger partial charge in [0, 0.05) is 18.0 Å². The monoisotopic (exact) mass is 309 g/mol. The summed E-state index contributed by atoms with van der Waals surface area (Å²) in [5.41, 5.74) is 0.734. The van der Waals surface area contributed by atoms with E-state index in [1.807, 2.05) is 0 Å². The molecule has 0 spiro atoms. The minimum atomic E-state index is -0.348. The number of aromatic nitrogens is 2. The zero-order valence-corrected chi connectivity index (χ0v) is 12.6. The molecule has 21 heavy (non-hydrogen) atoms. The predicted molar refractivity (Wildman–Crippen MR) is 78.0 cm³/mol. The SMILES string of the molecule is CCC1(c2nc(Cc3ccc(F)cc3Cl)no2)CCNC1. The van der Waals surface area contributed by atoms with Gasteiger partial charge in [-0.3, -0.25) is 0 Å². The molecule has 0 aliphatic carbocycles. The lowest BCUT2D eigenvalue weighted by Gasteiger charge is -2.20. The van der Waals surface area contributed by atoms with Crippen molar-refractivity contribution >= 4 is 11.6 Å². The molecular weight excluding hydrogens is 293 g/mol. The first kappa shape index (κ1) is 14.5. The minimum absolute atomic E-state index is 0.0577. The largest absolute Gasteiger partial charge is 0.339 e. The summed E-state index contributed by atoms with van der Waals surface area (Å²) in [5, 5.41) is 7.78. The van der Waals surface area contributed by atoms with Gasteiger partial charge in [-0.1, -0.05) is 29.7 Å². The van der Waals surface area contributed by atoms with E-state index >= 15 is 0 Å². The van der Waals surface area contributed by atoms with Crippen LogP contribution in [-0.4, -0.2) is 23.2 Å². The van der Waals surface area contributed by atoms with Gasteiger partial charge in [0.15, 0.2) is 5.82 Å². The van der Waals surface area contributed by atoms with Gasteiger partial charge >= 0.3 is 0 Å². The molecule has 1 fully saturated rings. The molecule has 2 aromatic rings. The first-order valence-corrected chi connectivity index (χ1v) is 7.48. The van der Waals surface area contributed by atoms with Gasteiger partial charge in [-0.2, -0.15) is 4.98 Å². The fourth-order valence-electron chi connectivity index (χ4n) is 2.76. The number of nitrogens with zero attached hydrogens (tertiary/aromatic N) is 2. The summed E-state index contributed by atoms with van der Waals surface area (Å²) in [7, 11) is 0. The molecule has 1 aromatic carbocycles. The number of halogens is 2. The van der Waals surface area contributed by atoms with E-state index in [-0.39, 0.29) is 11.2 Å². The number of rotatable bonds is 4. The molecule has 1 aromatic heterocycles. The second-order valence-electron chi connectivity index (χ2n) is 5.49. The zero-order valence-electron chi connectivity index (χ0n) is 11.8. The van der Waals surface area contributed by atoms with Crippen LogP contribution in [0.3, 0.4) is 0 Å². The van der Waals surface area contributed by atoms with Crippen LogP contribution in [0.5, 0.6) is 0 Å². The number of nitrogens with one attached hydrogen (secondary N) is 1. The fraction of sp³-hybridized carbons (Fsp3) is 0.467. The lowest BCUT2D eigenvalue weighted by molar-refractivity contribution is 0.283. The Morgan fingerprint density at radius 2 is 2.33 bits per heavy atom. The lowest BCUT2D eigenvalue weighted by atomic mass is 9.84. The van der Waals surface area contributed by atoms with Crippen molar-refractivity contribution in [1.82, 2.24) is 15.5 Å². The van der Waals surface area contributed by atoms with Crippen LogP contribution >= 0.6 is 11.6 Å². The first-order valence-electron chi connectivity index (χ1n) is 7.11. The van der Waals surface area contributed by atoms with Crippen LogP contribution in [0.25, 0.3) is 0 Å². The summed E-state index contributed by atoms with van der Waals surface area (Å²) in [6.07, 6.45) is 2.40. The van der Waals surface area contributed by atoms with Gasteiger partial charge in [0.2, 0.25) is 5.89 Å². The molecule has 1 saturated heterocycles. The van der Waals surface area contributed by atoms with E-state index in [4.69, 9.17) is 16.1 Å². The van der Waals surface area contributed by atoms with Gasteiger partial charge in [-0.25, -0.2) is 4.39 Å². The van der Waals surface area contributed by atoms with E-state index in [0.717, 1.165) is 31.5 Å². The fourth-order valence-corrected chi connectivity index (χ4v) is 2.99. The highest BCUT2D eigenvalue weighted by Gasteiger charge is 2.39. The molecule has 1 atom stereocenters. The van der Waals surface area contributed by atoms with Crippen molar-refractivity contribution in [2.75, 3.05) is 13.1 Å². The Balaban J connectivity index is 1.82. The molecule has 3 rings (SSSR count). The maximum absolute atomic E-state index is 13.0. The number of hydrogen-bond acceptors (Lipinski definition) is 4. The van der Waals surface area contributed by atoms with Crippen molar-refractivity contribution in [2.45, 2.75) is 31.6 Å². The summed E-state index contributed by atoms with van der Waals surface area (Å²) in [6, 6.07) is 4.34. The summed E-state index contributed by atoms with van der Waals surface area (Å²) in [5.74, 6) is 0.918. The van der Waals surface area contributed by atoms with E-state index in [1.165, 1.54) is 12.1 Å². The van der Waals surface area contributed by atoms with Crippen molar-refractivity contribution in [1.29, 1.82) is 0 Å². The average molecular weight is 310 g/mol. The summed E-state index contributed by atoms with van der Waals surface area (Å²) in [6.45, 7) is 3.96. The van der Waals surface area contributed by atoms with Crippen molar-refractivity contribution in [3.8, 4) is 0 Å². The maximum atomic E-state index is 13.0. The second kappa shape index (κ2) is 5.73. The van der Waals surface area contributed by atoms with Gasteiger partial charge in [-0.05, 0) is 37.1 Å². The third kappa shape index (κ3) is 2.80. The molecule has 0 bridgehead atoms. The average Bonchev–Trinajstić information content (AvgIpc) is 3.11. The summed E-state index contributed by atoms with van der Waals surface area (Å²) >= 11 is 6.03. The molecule has 112 valence electrons. The van der Waals surface area contributed by atoms with E-state index in [1.54, 1.807) is 6.07 Å². The van der Waals surface area contributed by atoms with Gasteiger partial charge in [0.1, 0.15) is 5.82 Å². The number of benzene rings is 1. The van der Waals surface area contributed by atoms with Crippen molar-refractivity contribution in [2.24, 2.45) is 0 Å². The van der Waals surface area contributed by atoms with Crippen molar-refractivity contribution in [3.63, 3.8) is 0 Å². The smallest absolute Gasteiger partial charge is 0.234 e. The Labute approximate surface area is 127 Å². The van der Waals surface area contributed by atoms with Crippen LogP contribution in [0.2, 0.25) is 5.02 Å². The molecule has 1 unspecified atom stereocenters. The third-order valence-corrected chi connectivity index (χ3v) is 4.56. The van der Waals surface area contributed by atoms with Crippen LogP contribution in [0.4, 0.5) is 4.39 Å². The molecular formula is C15H17ClFN3O. The number of hydrogen-bond donors (Lipinski definition) is 1. The highest BCUT2D eigenvalue weighted by atomic mass is 35.5. The lowest BCUT2D eigenvalue weighted by Crippen LogP contribution is -2.28. The predicted octanol–water partition coefficient (Wildman–Crippen LogP) is 3.09. The zero-order chi connectivity index (χ0) is 14.9. The third-order valence-electron chi connectivity index (χ3n) is 4.21. The molecule has 1 N–H and O–H groups in total. The van der Waals surface area contributed by atoms with Crippen LogP contribution in [-0.2, 0) is 11.8 Å². The van der Waals surface area contributed by atoms with Crippen LogP contribution in [0, 0.1) is 5.82 Å². The normalized spacial score (nSPS) is 21.9. The topological polar surface area (TPSA) is 51.0 Å². The molecule has 0 saturated carbocycles. The molecule has 0 amide bonds. The molecule has 1 aliphatic heterocycles. The Morgan fingerprint density at radius 3 is 3.00 bits per heavy atom. The summed E-state index contributed by atoms with van der Waals surface area (Å²) in [4.78, 5) is 4.52. The van der Waals surface area contributed by atoms with E-state index in [9.17, 15) is 4.39 Å². The van der Waals surface area contributed by atoms with E-state index in [2.05, 4.69) is 22.4 Å². The molecule has 4 nitrogen and oxygen atoms in total. The molecule has 2 heterocycles. The van der Waals surface area contributed by atoms with Crippen LogP contribution in [0.1, 0.15) is 37.0 Å². The quantitative estimate of drug-likeness (QED) is 0.943. The van der Waals surface area contributed by atoms with Crippen molar-refractivity contribution in [3.05, 3.63) is 46.3 Å². The standard InChI is InChI=1S/C15H17ClFN3O/c1-2-15(5-6-18-9-15)14-19-13(20-21-14)7-10-3-4-11(17)8-12(10)16/h3-4,8,18H,2,5-7,9H2,1H3. The van der Waals surface area contributed by atoms with Crippen molar-refractivity contribution < 1.29 is 8.91 Å². The van der Waals surface area contributed by atoms with E-state index < -0.39 is 0 Å². The Hall–Kier alpha value is -1.46. The van der Waals surface area contributed by atoms with E-state index in [0.29, 0.717) is 23.2 Å². The molecule has 0 radical (unpaired) electrons. The molecule has 6 heteroatoms. The Morgan fingerprint density at radius 1 is 1.48 bits per heavy atom. The Kier molecular flexibility index (Phi) is 3.95. The second-order valence-corrected chi connectivity index (χ2v) is 5.90. The van der Waals surface area contributed by atoms with Gasteiger partial charge < -0.3 is 9.84 Å². The Bertz CT molecular complexity index is 638. The highest BCUT2D eigenvalue weighted by molar-refractivity contribution is 6.31. The van der Waals surface area contributed by atoms with Crippen LogP contribution < -0.4 is 5.32 Å². The molecule has 1 aliphatic rings.